The summed E-state index contributed by atoms with van der Waals surface area (Å²) in [5.41, 5.74) is 5.28. The number of aromatic nitrogens is 4. The Hall–Kier alpha value is -6.72. The highest BCUT2D eigenvalue weighted by molar-refractivity contribution is 5.93. The van der Waals surface area contributed by atoms with Crippen molar-refractivity contribution >= 4 is 63.3 Å². The van der Waals surface area contributed by atoms with E-state index in [1.165, 1.54) is 32.1 Å². The molecule has 3 fully saturated rings. The summed E-state index contributed by atoms with van der Waals surface area (Å²) >= 11 is 0. The Morgan fingerprint density at radius 3 is 1.53 bits per heavy atom. The quantitative estimate of drug-likeness (QED) is 0.0937. The van der Waals surface area contributed by atoms with Gasteiger partial charge in [-0.2, -0.15) is 0 Å². The molecule has 5 amide bonds. The summed E-state index contributed by atoms with van der Waals surface area (Å²) in [4.78, 5) is 89.5. The first-order chi connectivity index (χ1) is 33.3. The van der Waals surface area contributed by atoms with E-state index in [-0.39, 0.29) is 59.4 Å². The topological polar surface area (TPSA) is 198 Å². The summed E-state index contributed by atoms with van der Waals surface area (Å²) in [6.45, 7) is 15.7. The predicted molar refractivity (Wildman–Crippen MR) is 264 cm³/mol. The second-order valence-electron chi connectivity index (χ2n) is 20.6. The molecule has 8 rings (SSSR count). The number of hydrogen-bond donors (Lipinski definition) is 4. The molecule has 0 spiro atoms. The minimum Gasteiger partial charge on any atom is -0.453 e. The SMILES string of the molecule is COC(=O)NC(C(=O)N1CCC[C@H]1c1nc2ccc([C@H]3CC[C@H](c4ccc5nc([C@@H]6CCCN6C(=O)[C@@H](NC(=O)OC)C(C)C)[nH]c5c4)N3c3ccc(N(C(C)=O)C(C)(C)C)c(F)c3)cc2[nH]1)C(C)C. The molecule has 5 aromatic rings. The van der Waals surface area contributed by atoms with Crippen LogP contribution in [0.4, 0.5) is 25.4 Å². The molecule has 1 unspecified atom stereocenters. The van der Waals surface area contributed by atoms with Gasteiger partial charge in [0.25, 0.3) is 0 Å². The molecule has 374 valence electrons. The first-order valence-electron chi connectivity index (χ1n) is 24.5. The molecule has 70 heavy (non-hydrogen) atoms. The van der Waals surface area contributed by atoms with Crippen LogP contribution in [0.15, 0.2) is 54.6 Å². The van der Waals surface area contributed by atoms with Crippen molar-refractivity contribution < 1.29 is 37.8 Å². The van der Waals surface area contributed by atoms with Crippen molar-refractivity contribution in [1.82, 2.24) is 40.4 Å². The number of alkyl carbamates (subject to hydrolysis) is 2. The lowest BCUT2D eigenvalue weighted by Crippen LogP contribution is -2.51. The van der Waals surface area contributed by atoms with Crippen LogP contribution in [0.1, 0.15) is 141 Å². The summed E-state index contributed by atoms with van der Waals surface area (Å²) in [5.74, 6) is -0.141. The number of carbonyl (C=O) groups excluding carboxylic acids is 5. The van der Waals surface area contributed by atoms with Crippen LogP contribution in [-0.2, 0) is 23.9 Å². The molecule has 3 aliphatic rings. The Labute approximate surface area is 408 Å². The second kappa shape index (κ2) is 19.9. The van der Waals surface area contributed by atoms with Crippen LogP contribution in [-0.4, -0.2) is 105 Å². The molecule has 0 radical (unpaired) electrons. The van der Waals surface area contributed by atoms with Gasteiger partial charge in [-0.05, 0) is 125 Å². The number of anilines is 2. The Bertz CT molecular complexity index is 2640. The zero-order valence-electron chi connectivity index (χ0n) is 41.9. The fourth-order valence-electron chi connectivity index (χ4n) is 10.9. The number of halogens is 1. The lowest BCUT2D eigenvalue weighted by molar-refractivity contribution is -0.136. The molecule has 5 heterocycles. The number of imidazole rings is 2. The normalized spacial score (nSPS) is 20.4. The van der Waals surface area contributed by atoms with Crippen molar-refractivity contribution in [3.63, 3.8) is 0 Å². The fourth-order valence-corrected chi connectivity index (χ4v) is 10.9. The van der Waals surface area contributed by atoms with Gasteiger partial charge in [0.05, 0.1) is 66.1 Å². The molecule has 4 N–H and O–H groups in total. The van der Waals surface area contributed by atoms with E-state index in [2.05, 4.69) is 49.8 Å². The number of aromatic amines is 2. The van der Waals surface area contributed by atoms with Gasteiger partial charge in [-0.15, -0.1) is 0 Å². The van der Waals surface area contributed by atoms with Crippen LogP contribution in [0.25, 0.3) is 22.1 Å². The Morgan fingerprint density at radius 2 is 1.14 bits per heavy atom. The van der Waals surface area contributed by atoms with Gasteiger partial charge in [-0.25, -0.2) is 23.9 Å². The van der Waals surface area contributed by atoms with E-state index < -0.39 is 35.6 Å². The zero-order valence-corrected chi connectivity index (χ0v) is 41.9. The molecule has 3 aromatic carbocycles. The highest BCUT2D eigenvalue weighted by Crippen LogP contribution is 2.49. The third kappa shape index (κ3) is 9.73. The molecule has 0 saturated carbocycles. The molecule has 3 aliphatic heterocycles. The lowest BCUT2D eigenvalue weighted by atomic mass is 10.0. The van der Waals surface area contributed by atoms with E-state index in [4.69, 9.17) is 19.4 Å². The summed E-state index contributed by atoms with van der Waals surface area (Å²) in [7, 11) is 2.55. The van der Waals surface area contributed by atoms with Gasteiger partial charge in [0.1, 0.15) is 29.5 Å². The summed E-state index contributed by atoms with van der Waals surface area (Å²) in [6, 6.07) is 14.8. The van der Waals surface area contributed by atoms with Crippen LogP contribution in [0.5, 0.6) is 0 Å². The number of methoxy groups -OCH3 is 2. The van der Waals surface area contributed by atoms with Gasteiger partial charge in [-0.1, -0.05) is 39.8 Å². The van der Waals surface area contributed by atoms with Crippen molar-refractivity contribution in [1.29, 1.82) is 0 Å². The average Bonchev–Trinajstić information content (AvgIpc) is 4.17. The van der Waals surface area contributed by atoms with Gasteiger partial charge in [0, 0.05) is 31.2 Å². The van der Waals surface area contributed by atoms with Crippen LogP contribution in [0.2, 0.25) is 0 Å². The highest BCUT2D eigenvalue weighted by atomic mass is 19.1. The molecule has 2 aromatic heterocycles. The van der Waals surface area contributed by atoms with Gasteiger partial charge in [0.2, 0.25) is 17.7 Å². The van der Waals surface area contributed by atoms with Crippen molar-refractivity contribution in [3.05, 3.63) is 83.2 Å². The molecular formula is C52H67FN10O7. The maximum atomic E-state index is 16.6. The molecule has 6 atom stereocenters. The molecule has 0 bridgehead atoms. The number of nitrogens with zero attached hydrogens (tertiary/aromatic N) is 6. The Balaban J connectivity index is 1.13. The van der Waals surface area contributed by atoms with Crippen LogP contribution in [0, 0.1) is 17.7 Å². The van der Waals surface area contributed by atoms with E-state index in [0.717, 1.165) is 58.9 Å². The van der Waals surface area contributed by atoms with E-state index in [0.29, 0.717) is 43.3 Å². The van der Waals surface area contributed by atoms with Crippen LogP contribution < -0.4 is 20.4 Å². The van der Waals surface area contributed by atoms with E-state index in [1.807, 2.05) is 66.7 Å². The molecule has 3 saturated heterocycles. The van der Waals surface area contributed by atoms with E-state index >= 15 is 4.39 Å². The van der Waals surface area contributed by atoms with Crippen molar-refractivity contribution in [2.24, 2.45) is 11.8 Å². The number of amides is 5. The fraction of sp³-hybridized carbons (Fsp3) is 0.519. The van der Waals surface area contributed by atoms with Gasteiger partial charge < -0.3 is 49.7 Å². The lowest BCUT2D eigenvalue weighted by Gasteiger charge is -2.36. The van der Waals surface area contributed by atoms with Gasteiger partial charge in [0.15, 0.2) is 0 Å². The summed E-state index contributed by atoms with van der Waals surface area (Å²) in [6.07, 6.45) is 3.15. The van der Waals surface area contributed by atoms with E-state index in [9.17, 15) is 24.0 Å². The number of fused-ring (bicyclic) bond motifs is 2. The Morgan fingerprint density at radius 1 is 0.686 bits per heavy atom. The minimum atomic E-state index is -0.756. The smallest absolute Gasteiger partial charge is 0.407 e. The van der Waals surface area contributed by atoms with Crippen LogP contribution in [0.3, 0.4) is 0 Å². The van der Waals surface area contributed by atoms with E-state index in [1.54, 1.807) is 15.9 Å². The monoisotopic (exact) mass is 963 g/mol. The number of rotatable bonds is 12. The van der Waals surface area contributed by atoms with Crippen molar-refractivity contribution in [3.8, 4) is 0 Å². The first kappa shape index (κ1) is 49.7. The maximum absolute atomic E-state index is 16.6. The van der Waals surface area contributed by atoms with Crippen molar-refractivity contribution in [2.75, 3.05) is 37.1 Å². The second-order valence-corrected chi connectivity index (χ2v) is 20.6. The highest BCUT2D eigenvalue weighted by Gasteiger charge is 2.41. The van der Waals surface area contributed by atoms with Gasteiger partial charge >= 0.3 is 12.2 Å². The van der Waals surface area contributed by atoms with Crippen LogP contribution >= 0.6 is 0 Å². The number of ether oxygens (including phenoxy) is 2. The third-order valence-corrected chi connectivity index (χ3v) is 14.1. The number of hydrogen-bond acceptors (Lipinski definition) is 10. The van der Waals surface area contributed by atoms with Gasteiger partial charge in [-0.3, -0.25) is 14.4 Å². The summed E-state index contributed by atoms with van der Waals surface area (Å²) in [5, 5.41) is 5.43. The molecule has 17 nitrogen and oxygen atoms in total. The molecule has 18 heteroatoms. The first-order valence-corrected chi connectivity index (χ1v) is 24.5. The Kier molecular flexibility index (Phi) is 14.2. The zero-order chi connectivity index (χ0) is 50.3. The number of H-pyrrole nitrogens is 2. The number of benzene rings is 3. The number of nitrogens with one attached hydrogen (secondary N) is 4. The number of carbonyl (C=O) groups is 5. The minimum absolute atomic E-state index is 0.165. The largest absolute Gasteiger partial charge is 0.453 e. The summed E-state index contributed by atoms with van der Waals surface area (Å²) < 4.78 is 26.2. The standard InChI is InChI=1S/C52H67FN10O7/c1-28(2)44(58-50(67)69-9)48(65)60-23-11-13-42(60)46-54-35-18-15-31(25-37(35)56-46)39-21-22-40(62(39)33-17-20-41(34(53)27-33)63(30(5)64)52(6,7)8)32-16-19-36-38(26-32)57-47(55-36)43-14-12-24-61(43)49(66)45(29(3)4)59-51(68)70-10/h15-20,25-29,39-40,42-45H,11-14,21-24H2,1-10H3,(H,54,56)(H,55,57)(H,58,67)(H,59,68)/t39-,40-,42+,43+,44+,45?/m1/s1. The number of likely N-dealkylation sites (tertiary alicyclic amines) is 2. The average molecular weight is 963 g/mol. The molecule has 0 aliphatic carbocycles. The molecular weight excluding hydrogens is 896 g/mol. The predicted octanol–water partition coefficient (Wildman–Crippen LogP) is 8.90. The third-order valence-electron chi connectivity index (χ3n) is 14.1. The maximum Gasteiger partial charge on any atom is 0.407 e. The van der Waals surface area contributed by atoms with Crippen molar-refractivity contribution in [2.45, 2.75) is 136 Å².